The molecule has 26 heavy (non-hydrogen) atoms. The summed E-state index contributed by atoms with van der Waals surface area (Å²) in [6, 6.07) is 12.6. The summed E-state index contributed by atoms with van der Waals surface area (Å²) >= 11 is 7.36. The van der Waals surface area contributed by atoms with Crippen molar-refractivity contribution in [2.75, 3.05) is 11.1 Å². The highest BCUT2D eigenvalue weighted by Gasteiger charge is 2.19. The zero-order chi connectivity index (χ0) is 19.1. The van der Waals surface area contributed by atoms with Gasteiger partial charge >= 0.3 is 0 Å². The number of thioether (sulfide) groups is 1. The van der Waals surface area contributed by atoms with E-state index in [1.807, 2.05) is 25.1 Å². The first-order valence-corrected chi connectivity index (χ1v) is 9.51. The number of carbonyl (C=O) groups is 2. The molecular formula is C19H20ClFN2O2S. The molecule has 0 spiro atoms. The van der Waals surface area contributed by atoms with Crippen molar-refractivity contribution < 1.29 is 14.0 Å². The van der Waals surface area contributed by atoms with Crippen molar-refractivity contribution in [3.05, 3.63) is 64.9 Å². The maximum atomic E-state index is 12.8. The van der Waals surface area contributed by atoms with Gasteiger partial charge in [0.05, 0.1) is 17.0 Å². The molecule has 0 aliphatic rings. The first-order valence-electron chi connectivity index (χ1n) is 8.08. The van der Waals surface area contributed by atoms with Crippen LogP contribution in [0.1, 0.15) is 25.5 Å². The lowest BCUT2D eigenvalue weighted by Crippen LogP contribution is -2.34. The van der Waals surface area contributed by atoms with Crippen LogP contribution in [0.3, 0.4) is 0 Å². The van der Waals surface area contributed by atoms with E-state index in [2.05, 4.69) is 10.6 Å². The quantitative estimate of drug-likeness (QED) is 0.731. The Morgan fingerprint density at radius 1 is 1.12 bits per heavy atom. The highest BCUT2D eigenvalue weighted by Crippen LogP contribution is 2.23. The molecule has 2 unspecified atom stereocenters. The Bertz CT molecular complexity index is 770. The van der Waals surface area contributed by atoms with Gasteiger partial charge in [0, 0.05) is 10.7 Å². The van der Waals surface area contributed by atoms with Crippen molar-refractivity contribution in [1.29, 1.82) is 0 Å². The van der Waals surface area contributed by atoms with Crippen LogP contribution < -0.4 is 10.6 Å². The molecule has 0 bridgehead atoms. The normalized spacial score (nSPS) is 12.9. The molecule has 0 radical (unpaired) electrons. The molecule has 2 aromatic rings. The minimum atomic E-state index is -0.404. The molecule has 0 fully saturated rings. The van der Waals surface area contributed by atoms with Crippen LogP contribution in [0.25, 0.3) is 0 Å². The zero-order valence-electron chi connectivity index (χ0n) is 14.5. The van der Waals surface area contributed by atoms with Gasteiger partial charge in [-0.15, -0.1) is 11.8 Å². The lowest BCUT2D eigenvalue weighted by Gasteiger charge is -2.18. The molecule has 0 saturated carbocycles. The van der Waals surface area contributed by atoms with E-state index in [1.165, 1.54) is 36.0 Å². The van der Waals surface area contributed by atoms with Crippen molar-refractivity contribution in [3.8, 4) is 0 Å². The van der Waals surface area contributed by atoms with Crippen LogP contribution in [0.5, 0.6) is 0 Å². The lowest BCUT2D eigenvalue weighted by molar-refractivity contribution is -0.120. The molecule has 0 aliphatic carbocycles. The summed E-state index contributed by atoms with van der Waals surface area (Å²) in [6.07, 6.45) is 0. The summed E-state index contributed by atoms with van der Waals surface area (Å²) in [5, 5.41) is 5.75. The molecule has 138 valence electrons. The Balaban J connectivity index is 1.80. The second-order valence-corrected chi connectivity index (χ2v) is 7.50. The number of benzene rings is 2. The molecule has 2 N–H and O–H groups in total. The topological polar surface area (TPSA) is 58.2 Å². The Hall–Kier alpha value is -2.05. The van der Waals surface area contributed by atoms with Crippen LogP contribution in [0.15, 0.2) is 48.5 Å². The van der Waals surface area contributed by atoms with E-state index >= 15 is 0 Å². The van der Waals surface area contributed by atoms with Crippen molar-refractivity contribution >= 4 is 40.9 Å². The van der Waals surface area contributed by atoms with E-state index in [0.717, 1.165) is 5.56 Å². The largest absolute Gasteiger partial charge is 0.349 e. The third-order valence-electron chi connectivity index (χ3n) is 3.69. The van der Waals surface area contributed by atoms with Crippen molar-refractivity contribution in [2.45, 2.75) is 25.1 Å². The van der Waals surface area contributed by atoms with Gasteiger partial charge < -0.3 is 10.6 Å². The first-order chi connectivity index (χ1) is 12.4. The number of hydrogen-bond acceptors (Lipinski definition) is 3. The molecule has 2 aromatic carbocycles. The fourth-order valence-corrected chi connectivity index (χ4v) is 3.23. The van der Waals surface area contributed by atoms with Gasteiger partial charge in [0.2, 0.25) is 11.8 Å². The number of amides is 2. The van der Waals surface area contributed by atoms with E-state index in [9.17, 15) is 14.0 Å². The molecule has 0 saturated heterocycles. The molecule has 7 heteroatoms. The molecule has 0 aromatic heterocycles. The standard InChI is InChI=1S/C19H20ClFN2O2S/c1-12(16-5-3-4-6-17(16)20)22-19(25)13(2)26-11-18(24)23-15-9-7-14(21)8-10-15/h3-10,12-13H,11H2,1-2H3,(H,22,25)(H,23,24). The van der Waals surface area contributed by atoms with Gasteiger partial charge in [0.25, 0.3) is 0 Å². The highest BCUT2D eigenvalue weighted by atomic mass is 35.5. The third-order valence-corrected chi connectivity index (χ3v) is 5.18. The smallest absolute Gasteiger partial charge is 0.234 e. The van der Waals surface area contributed by atoms with Gasteiger partial charge in [-0.25, -0.2) is 4.39 Å². The van der Waals surface area contributed by atoms with Crippen LogP contribution in [0.4, 0.5) is 10.1 Å². The molecule has 2 atom stereocenters. The van der Waals surface area contributed by atoms with E-state index in [0.29, 0.717) is 10.7 Å². The summed E-state index contributed by atoms with van der Waals surface area (Å²) in [4.78, 5) is 24.2. The number of halogens is 2. The second kappa shape index (κ2) is 9.59. The summed E-state index contributed by atoms with van der Waals surface area (Å²) in [5.74, 6) is -0.667. The second-order valence-electron chi connectivity index (χ2n) is 5.76. The summed E-state index contributed by atoms with van der Waals surface area (Å²) in [6.45, 7) is 3.60. The maximum absolute atomic E-state index is 12.8. The van der Waals surface area contributed by atoms with Gasteiger partial charge in [-0.05, 0) is 49.7 Å². The minimum Gasteiger partial charge on any atom is -0.349 e. The van der Waals surface area contributed by atoms with E-state index < -0.39 is 5.25 Å². The minimum absolute atomic E-state index is 0.117. The molecule has 2 amide bonds. The molecular weight excluding hydrogens is 375 g/mol. The van der Waals surface area contributed by atoms with E-state index in [1.54, 1.807) is 13.0 Å². The Morgan fingerprint density at radius 2 is 1.77 bits per heavy atom. The van der Waals surface area contributed by atoms with Crippen LogP contribution in [0.2, 0.25) is 5.02 Å². The third kappa shape index (κ3) is 6.04. The van der Waals surface area contributed by atoms with Crippen LogP contribution in [-0.4, -0.2) is 22.8 Å². The van der Waals surface area contributed by atoms with Crippen LogP contribution in [-0.2, 0) is 9.59 Å². The fourth-order valence-electron chi connectivity index (χ4n) is 2.24. The molecule has 2 rings (SSSR count). The number of rotatable bonds is 7. The van der Waals surface area contributed by atoms with Crippen LogP contribution in [0, 0.1) is 5.82 Å². The predicted octanol–water partition coefficient (Wildman–Crippen LogP) is 4.42. The zero-order valence-corrected chi connectivity index (χ0v) is 16.0. The lowest BCUT2D eigenvalue weighted by atomic mass is 10.1. The Labute approximate surface area is 161 Å². The van der Waals surface area contributed by atoms with Gasteiger partial charge in [-0.3, -0.25) is 9.59 Å². The molecule has 0 heterocycles. The van der Waals surface area contributed by atoms with Gasteiger partial charge in [0.1, 0.15) is 5.82 Å². The average molecular weight is 395 g/mol. The molecule has 4 nitrogen and oxygen atoms in total. The van der Waals surface area contributed by atoms with E-state index in [4.69, 9.17) is 11.6 Å². The monoisotopic (exact) mass is 394 g/mol. The van der Waals surface area contributed by atoms with E-state index in [-0.39, 0.29) is 29.4 Å². The number of nitrogens with one attached hydrogen (secondary N) is 2. The summed E-state index contributed by atoms with van der Waals surface area (Å²) in [7, 11) is 0. The summed E-state index contributed by atoms with van der Waals surface area (Å²) < 4.78 is 12.8. The SMILES string of the molecule is CC(SCC(=O)Nc1ccc(F)cc1)C(=O)NC(C)c1ccccc1Cl. The van der Waals surface area contributed by atoms with Crippen molar-refractivity contribution in [1.82, 2.24) is 5.32 Å². The first kappa shape index (κ1) is 20.3. The van der Waals surface area contributed by atoms with Gasteiger partial charge in [-0.2, -0.15) is 0 Å². The number of hydrogen-bond donors (Lipinski definition) is 2. The Morgan fingerprint density at radius 3 is 2.42 bits per heavy atom. The average Bonchev–Trinajstić information content (AvgIpc) is 2.61. The predicted molar refractivity (Wildman–Crippen MR) is 105 cm³/mol. The maximum Gasteiger partial charge on any atom is 0.234 e. The van der Waals surface area contributed by atoms with Crippen molar-refractivity contribution in [2.24, 2.45) is 0 Å². The Kier molecular flexibility index (Phi) is 7.48. The number of anilines is 1. The summed E-state index contributed by atoms with van der Waals surface area (Å²) in [5.41, 5.74) is 1.36. The molecule has 0 aliphatic heterocycles. The highest BCUT2D eigenvalue weighted by molar-refractivity contribution is 8.01. The van der Waals surface area contributed by atoms with Gasteiger partial charge in [-0.1, -0.05) is 29.8 Å². The fraction of sp³-hybridized carbons (Fsp3) is 0.263. The van der Waals surface area contributed by atoms with Crippen molar-refractivity contribution in [3.63, 3.8) is 0 Å². The van der Waals surface area contributed by atoms with Crippen LogP contribution >= 0.6 is 23.4 Å². The number of carbonyl (C=O) groups excluding carboxylic acids is 2. The van der Waals surface area contributed by atoms with Gasteiger partial charge in [0.15, 0.2) is 0 Å².